The van der Waals surface area contributed by atoms with Crippen LogP contribution in [0.5, 0.6) is 0 Å². The molecular weight excluding hydrogens is 292 g/mol. The average Bonchev–Trinajstić information content (AvgIpc) is 2.67. The topological polar surface area (TPSA) is 20.2 Å². The Balaban J connectivity index is 1.36. The first kappa shape index (κ1) is 18.5. The maximum absolute atomic E-state index is 9.01. The quantitative estimate of drug-likeness (QED) is 0.561. The van der Waals surface area contributed by atoms with Crippen molar-refractivity contribution < 1.29 is 5.11 Å². The molecule has 0 atom stereocenters. The Hall–Kier alpha value is -0.300. The van der Waals surface area contributed by atoms with E-state index < -0.39 is 0 Å². The van der Waals surface area contributed by atoms with Crippen LogP contribution in [0.3, 0.4) is 0 Å². The molecule has 0 bridgehead atoms. The summed E-state index contributed by atoms with van der Waals surface area (Å²) in [6, 6.07) is 0. The largest absolute Gasteiger partial charge is 0.396 e. The molecule has 3 rings (SSSR count). The van der Waals surface area contributed by atoms with Gasteiger partial charge in [0.25, 0.3) is 0 Å². The molecule has 1 nitrogen and oxygen atoms in total. The van der Waals surface area contributed by atoms with E-state index >= 15 is 0 Å². The van der Waals surface area contributed by atoms with E-state index in [4.69, 9.17) is 5.11 Å². The number of rotatable bonds is 6. The Bertz CT molecular complexity index is 352. The Morgan fingerprint density at radius 3 is 1.50 bits per heavy atom. The zero-order valence-electron chi connectivity index (χ0n) is 15.8. The second-order valence-corrected chi connectivity index (χ2v) is 9.23. The fourth-order valence-corrected chi connectivity index (χ4v) is 6.27. The second kappa shape index (κ2) is 9.41. The summed E-state index contributed by atoms with van der Waals surface area (Å²) in [6.07, 6.45) is 22.2. The first-order valence-electron chi connectivity index (χ1n) is 11.0. The van der Waals surface area contributed by atoms with Crippen molar-refractivity contribution in [1.82, 2.24) is 0 Å². The van der Waals surface area contributed by atoms with E-state index in [1.54, 1.807) is 0 Å². The molecule has 3 aliphatic carbocycles. The smallest absolute Gasteiger partial charge is 0.0431 e. The lowest BCUT2D eigenvalue weighted by atomic mass is 9.65. The normalized spacial score (nSPS) is 41.0. The van der Waals surface area contributed by atoms with Gasteiger partial charge < -0.3 is 5.11 Å². The van der Waals surface area contributed by atoms with Crippen LogP contribution in [0, 0.1) is 35.5 Å². The van der Waals surface area contributed by atoms with Crippen molar-refractivity contribution >= 4 is 0 Å². The lowest BCUT2D eigenvalue weighted by Crippen LogP contribution is -2.29. The summed E-state index contributed by atoms with van der Waals surface area (Å²) in [5.41, 5.74) is 0. The molecule has 0 saturated heterocycles. The van der Waals surface area contributed by atoms with Crippen molar-refractivity contribution in [1.29, 1.82) is 0 Å². The average molecular weight is 333 g/mol. The molecular formula is C23H40O. The predicted molar refractivity (Wildman–Crippen MR) is 103 cm³/mol. The van der Waals surface area contributed by atoms with E-state index in [1.807, 2.05) is 0 Å². The van der Waals surface area contributed by atoms with Gasteiger partial charge in [0, 0.05) is 6.61 Å². The van der Waals surface area contributed by atoms with Gasteiger partial charge in [0.1, 0.15) is 0 Å². The Kier molecular flexibility index (Phi) is 7.25. The van der Waals surface area contributed by atoms with Gasteiger partial charge in [-0.1, -0.05) is 18.9 Å². The highest BCUT2D eigenvalue weighted by atomic mass is 16.2. The highest BCUT2D eigenvalue weighted by Gasteiger charge is 2.34. The summed E-state index contributed by atoms with van der Waals surface area (Å²) >= 11 is 0. The summed E-state index contributed by atoms with van der Waals surface area (Å²) in [4.78, 5) is 0. The first-order valence-corrected chi connectivity index (χ1v) is 11.0. The molecule has 1 heteroatoms. The van der Waals surface area contributed by atoms with Gasteiger partial charge in [-0.3, -0.25) is 0 Å². The molecule has 138 valence electrons. The highest BCUT2D eigenvalue weighted by Crippen LogP contribution is 2.46. The van der Waals surface area contributed by atoms with Gasteiger partial charge in [-0.25, -0.2) is 0 Å². The van der Waals surface area contributed by atoms with E-state index in [0.29, 0.717) is 6.61 Å². The van der Waals surface area contributed by atoms with Crippen LogP contribution in [0.2, 0.25) is 0 Å². The number of allylic oxidation sites excluding steroid dienone is 1. The SMILES string of the molecule is C=CC1CCC(C2CCC(C3CCC(CCCO)CC3)CC2)CC1. The molecule has 0 aliphatic heterocycles. The Morgan fingerprint density at radius 2 is 1.08 bits per heavy atom. The number of aliphatic hydroxyl groups is 1. The minimum Gasteiger partial charge on any atom is -0.396 e. The number of hydrogen-bond acceptors (Lipinski definition) is 1. The van der Waals surface area contributed by atoms with Crippen molar-refractivity contribution in [3.63, 3.8) is 0 Å². The van der Waals surface area contributed by atoms with Crippen molar-refractivity contribution in [2.24, 2.45) is 35.5 Å². The van der Waals surface area contributed by atoms with E-state index in [9.17, 15) is 0 Å². The zero-order chi connectivity index (χ0) is 16.8. The van der Waals surface area contributed by atoms with Crippen LogP contribution in [0.25, 0.3) is 0 Å². The van der Waals surface area contributed by atoms with Crippen LogP contribution < -0.4 is 0 Å². The molecule has 0 heterocycles. The summed E-state index contributed by atoms with van der Waals surface area (Å²) in [5.74, 6) is 5.91. The highest BCUT2D eigenvalue weighted by molar-refractivity contribution is 4.89. The lowest BCUT2D eigenvalue weighted by molar-refractivity contribution is 0.106. The fraction of sp³-hybridized carbons (Fsp3) is 0.913. The van der Waals surface area contributed by atoms with Crippen LogP contribution >= 0.6 is 0 Å². The molecule has 1 N–H and O–H groups in total. The van der Waals surface area contributed by atoms with Crippen LogP contribution in [-0.4, -0.2) is 11.7 Å². The van der Waals surface area contributed by atoms with Gasteiger partial charge >= 0.3 is 0 Å². The molecule has 0 aromatic carbocycles. The zero-order valence-corrected chi connectivity index (χ0v) is 15.8. The molecule has 0 spiro atoms. The summed E-state index contributed by atoms with van der Waals surface area (Å²) in [7, 11) is 0. The van der Waals surface area contributed by atoms with Crippen molar-refractivity contribution in [3.05, 3.63) is 12.7 Å². The maximum atomic E-state index is 9.01. The summed E-state index contributed by atoms with van der Waals surface area (Å²) in [5, 5.41) is 9.01. The summed E-state index contributed by atoms with van der Waals surface area (Å²) < 4.78 is 0. The molecule has 3 fully saturated rings. The third-order valence-corrected chi connectivity index (χ3v) is 7.96. The third-order valence-electron chi connectivity index (χ3n) is 7.96. The van der Waals surface area contributed by atoms with Crippen molar-refractivity contribution in [3.8, 4) is 0 Å². The minimum absolute atomic E-state index is 0.388. The summed E-state index contributed by atoms with van der Waals surface area (Å²) in [6.45, 7) is 4.38. The van der Waals surface area contributed by atoms with E-state index in [1.165, 1.54) is 83.5 Å². The standard InChI is InChI=1S/C23H40O/c1-2-18-5-9-20(10-6-18)22-13-15-23(16-14-22)21-11-7-19(8-12-21)4-3-17-24/h2,18-24H,1,3-17H2. The molecule has 0 radical (unpaired) electrons. The third kappa shape index (κ3) is 4.87. The minimum atomic E-state index is 0.388. The molecule has 24 heavy (non-hydrogen) atoms. The lowest BCUT2D eigenvalue weighted by Gasteiger charge is -2.41. The van der Waals surface area contributed by atoms with Crippen LogP contribution in [-0.2, 0) is 0 Å². The maximum Gasteiger partial charge on any atom is 0.0431 e. The van der Waals surface area contributed by atoms with E-state index in [0.717, 1.165) is 41.9 Å². The Labute approximate surface area is 150 Å². The molecule has 0 aromatic heterocycles. The van der Waals surface area contributed by atoms with Gasteiger partial charge in [0.2, 0.25) is 0 Å². The van der Waals surface area contributed by atoms with Crippen molar-refractivity contribution in [2.75, 3.05) is 6.61 Å². The van der Waals surface area contributed by atoms with Gasteiger partial charge in [-0.05, 0) is 113 Å². The predicted octanol–water partition coefficient (Wildman–Crippen LogP) is 6.36. The number of aliphatic hydroxyl groups excluding tert-OH is 1. The molecule has 0 amide bonds. The van der Waals surface area contributed by atoms with Crippen molar-refractivity contribution in [2.45, 2.75) is 89.9 Å². The van der Waals surface area contributed by atoms with Crippen LogP contribution in [0.4, 0.5) is 0 Å². The first-order chi connectivity index (χ1) is 11.8. The molecule has 3 aliphatic rings. The van der Waals surface area contributed by atoms with Gasteiger partial charge in [0.15, 0.2) is 0 Å². The van der Waals surface area contributed by atoms with E-state index in [2.05, 4.69) is 12.7 Å². The van der Waals surface area contributed by atoms with E-state index in [-0.39, 0.29) is 0 Å². The second-order valence-electron chi connectivity index (χ2n) is 9.23. The number of hydrogen-bond donors (Lipinski definition) is 1. The monoisotopic (exact) mass is 332 g/mol. The molecule has 3 saturated carbocycles. The molecule has 0 aromatic rings. The van der Waals surface area contributed by atoms with Gasteiger partial charge in [-0.15, -0.1) is 6.58 Å². The van der Waals surface area contributed by atoms with Gasteiger partial charge in [-0.2, -0.15) is 0 Å². The van der Waals surface area contributed by atoms with Crippen LogP contribution in [0.1, 0.15) is 89.9 Å². The molecule has 0 unspecified atom stereocenters. The fourth-order valence-electron chi connectivity index (χ4n) is 6.27. The Morgan fingerprint density at radius 1 is 0.667 bits per heavy atom. The van der Waals surface area contributed by atoms with Crippen LogP contribution in [0.15, 0.2) is 12.7 Å². The van der Waals surface area contributed by atoms with Gasteiger partial charge in [0.05, 0.1) is 0 Å².